The molecule has 0 N–H and O–H groups in total. The lowest BCUT2D eigenvalue weighted by Crippen LogP contribution is -2.44. The fraction of sp³-hybridized carbons (Fsp3) is 0.318. The highest BCUT2D eigenvalue weighted by atomic mass is 16.5. The van der Waals surface area contributed by atoms with Gasteiger partial charge in [0.1, 0.15) is 24.4 Å². The van der Waals surface area contributed by atoms with E-state index in [1.807, 2.05) is 48.5 Å². The number of ether oxygens (including phenoxy) is 3. The second kappa shape index (κ2) is 8.54. The number of anilines is 1. The lowest BCUT2D eigenvalue weighted by atomic mass is 9.91. The summed E-state index contributed by atoms with van der Waals surface area (Å²) in [7, 11) is 4.79. The Kier molecular flexibility index (Phi) is 5.67. The smallest absolute Gasteiger partial charge is 0.255 e. The molecule has 2 aromatic carbocycles. The maximum atomic E-state index is 13.0. The van der Waals surface area contributed by atoms with Crippen LogP contribution in [0.15, 0.2) is 54.9 Å². The largest absolute Gasteiger partial charge is 0.497 e. The number of fused-ring (bicyclic) bond motifs is 1. The zero-order valence-electron chi connectivity index (χ0n) is 17.2. The molecule has 1 amide bonds. The van der Waals surface area contributed by atoms with Crippen molar-refractivity contribution in [3.63, 3.8) is 0 Å². The maximum absolute atomic E-state index is 13.0. The van der Waals surface area contributed by atoms with Crippen LogP contribution >= 0.6 is 0 Å². The first-order chi connectivity index (χ1) is 14.7. The monoisotopic (exact) mass is 408 g/mol. The number of nitrogens with zero attached hydrogens (tertiary/aromatic N) is 4. The Morgan fingerprint density at radius 3 is 2.50 bits per heavy atom. The summed E-state index contributed by atoms with van der Waals surface area (Å²) in [6, 6.07) is 15.2. The molecule has 0 fully saturated rings. The molecular weight excluding hydrogens is 384 g/mol. The van der Waals surface area contributed by atoms with Gasteiger partial charge in [-0.3, -0.25) is 9.69 Å². The summed E-state index contributed by atoms with van der Waals surface area (Å²) in [4.78, 5) is 19.1. The molecule has 0 saturated heterocycles. The van der Waals surface area contributed by atoms with Gasteiger partial charge in [0.15, 0.2) is 0 Å². The second-order valence-electron chi connectivity index (χ2n) is 6.98. The van der Waals surface area contributed by atoms with Crippen LogP contribution in [0.2, 0.25) is 0 Å². The highest BCUT2D eigenvalue weighted by Gasteiger charge is 2.40. The molecule has 0 bridgehead atoms. The van der Waals surface area contributed by atoms with Crippen LogP contribution in [0.3, 0.4) is 0 Å². The van der Waals surface area contributed by atoms with Crippen LogP contribution in [-0.2, 0) is 9.53 Å². The molecule has 156 valence electrons. The number of carbonyl (C=O) groups is 1. The van der Waals surface area contributed by atoms with E-state index < -0.39 is 0 Å². The summed E-state index contributed by atoms with van der Waals surface area (Å²) < 4.78 is 17.8. The van der Waals surface area contributed by atoms with Gasteiger partial charge < -0.3 is 14.2 Å². The highest BCUT2D eigenvalue weighted by molar-refractivity contribution is 5.93. The number of hydrogen-bond acceptors (Lipinski definition) is 6. The third-order valence-electron chi connectivity index (χ3n) is 5.36. The van der Waals surface area contributed by atoms with Crippen molar-refractivity contribution in [3.05, 3.63) is 66.0 Å². The molecule has 0 radical (unpaired) electrons. The number of para-hydroxylation sites is 1. The summed E-state index contributed by atoms with van der Waals surface area (Å²) in [6.07, 6.45) is 2.08. The van der Waals surface area contributed by atoms with E-state index in [0.717, 1.165) is 22.6 Å². The molecular formula is C22H24N4O4. The van der Waals surface area contributed by atoms with E-state index in [1.54, 1.807) is 23.8 Å². The third kappa shape index (κ3) is 3.50. The number of carbonyl (C=O) groups excluding carboxylic acids is 1. The standard InChI is InChI=1S/C22H24N4O4/c1-28-13-21(27)25-18(15-8-10-16(29-2)11-9-15)12-19(26-22(25)23-14-24-26)17-6-4-5-7-20(17)30-3/h4-11,14,18-19H,12-13H2,1-3H3/t18-,19+/m0/s1. The van der Waals surface area contributed by atoms with Gasteiger partial charge in [-0.2, -0.15) is 10.1 Å². The van der Waals surface area contributed by atoms with Crippen molar-refractivity contribution in [2.45, 2.75) is 18.5 Å². The van der Waals surface area contributed by atoms with Gasteiger partial charge in [-0.15, -0.1) is 0 Å². The van der Waals surface area contributed by atoms with Gasteiger partial charge in [0, 0.05) is 12.7 Å². The lowest BCUT2D eigenvalue weighted by Gasteiger charge is -2.39. The molecule has 0 spiro atoms. The Hall–Kier alpha value is -3.39. The Morgan fingerprint density at radius 2 is 1.80 bits per heavy atom. The molecule has 30 heavy (non-hydrogen) atoms. The molecule has 2 atom stereocenters. The van der Waals surface area contributed by atoms with E-state index >= 15 is 0 Å². The fourth-order valence-corrected chi connectivity index (χ4v) is 3.98. The quantitative estimate of drug-likeness (QED) is 0.624. The van der Waals surface area contributed by atoms with E-state index in [1.165, 1.54) is 13.4 Å². The number of hydrogen-bond donors (Lipinski definition) is 0. The average molecular weight is 408 g/mol. The van der Waals surface area contributed by atoms with Crippen LogP contribution in [-0.4, -0.2) is 48.6 Å². The van der Waals surface area contributed by atoms with Crippen LogP contribution in [0, 0.1) is 0 Å². The summed E-state index contributed by atoms with van der Waals surface area (Å²) >= 11 is 0. The van der Waals surface area contributed by atoms with E-state index in [4.69, 9.17) is 14.2 Å². The van der Waals surface area contributed by atoms with E-state index in [-0.39, 0.29) is 24.6 Å². The van der Waals surface area contributed by atoms with Gasteiger partial charge in [0.2, 0.25) is 5.95 Å². The van der Waals surface area contributed by atoms with Crippen LogP contribution < -0.4 is 14.4 Å². The molecule has 1 aliphatic heterocycles. The summed E-state index contributed by atoms with van der Waals surface area (Å²) in [5, 5.41) is 4.43. The summed E-state index contributed by atoms with van der Waals surface area (Å²) in [6.45, 7) is -0.0428. The maximum Gasteiger partial charge on any atom is 0.255 e. The third-order valence-corrected chi connectivity index (χ3v) is 5.36. The predicted octanol–water partition coefficient (Wildman–Crippen LogP) is 3.01. The number of benzene rings is 2. The van der Waals surface area contributed by atoms with Gasteiger partial charge in [-0.1, -0.05) is 30.3 Å². The second-order valence-corrected chi connectivity index (χ2v) is 6.98. The van der Waals surface area contributed by atoms with Crippen molar-refractivity contribution in [1.82, 2.24) is 14.8 Å². The van der Waals surface area contributed by atoms with E-state index in [2.05, 4.69) is 10.1 Å². The van der Waals surface area contributed by atoms with Crippen molar-refractivity contribution < 1.29 is 19.0 Å². The number of aromatic nitrogens is 3. The van der Waals surface area contributed by atoms with E-state index in [0.29, 0.717) is 12.4 Å². The molecule has 1 aromatic heterocycles. The number of methoxy groups -OCH3 is 3. The van der Waals surface area contributed by atoms with Crippen molar-refractivity contribution in [2.75, 3.05) is 32.8 Å². The van der Waals surface area contributed by atoms with Crippen molar-refractivity contribution in [2.24, 2.45) is 0 Å². The van der Waals surface area contributed by atoms with Gasteiger partial charge >= 0.3 is 0 Å². The van der Waals surface area contributed by atoms with Crippen LogP contribution in [0.5, 0.6) is 11.5 Å². The molecule has 0 aliphatic carbocycles. The first kappa shape index (κ1) is 19.9. The van der Waals surface area contributed by atoms with Gasteiger partial charge in [-0.05, 0) is 30.2 Å². The minimum absolute atomic E-state index is 0.0428. The molecule has 2 heterocycles. The Bertz CT molecular complexity index is 1020. The molecule has 3 aromatic rings. The minimum Gasteiger partial charge on any atom is -0.497 e. The van der Waals surface area contributed by atoms with Gasteiger partial charge in [0.25, 0.3) is 5.91 Å². The van der Waals surface area contributed by atoms with Crippen LogP contribution in [0.1, 0.15) is 29.6 Å². The first-order valence-corrected chi connectivity index (χ1v) is 9.65. The summed E-state index contributed by atoms with van der Waals surface area (Å²) in [5.74, 6) is 1.84. The van der Waals surface area contributed by atoms with Gasteiger partial charge in [-0.25, -0.2) is 4.68 Å². The normalized spacial score (nSPS) is 18.0. The van der Waals surface area contributed by atoms with Crippen molar-refractivity contribution in [1.29, 1.82) is 0 Å². The topological polar surface area (TPSA) is 78.7 Å². The number of rotatable bonds is 6. The summed E-state index contributed by atoms with van der Waals surface area (Å²) in [5.41, 5.74) is 1.97. The molecule has 1 aliphatic rings. The predicted molar refractivity (Wildman–Crippen MR) is 111 cm³/mol. The lowest BCUT2D eigenvalue weighted by molar-refractivity contribution is -0.123. The zero-order valence-corrected chi connectivity index (χ0v) is 17.2. The Balaban J connectivity index is 1.83. The van der Waals surface area contributed by atoms with Gasteiger partial charge in [0.05, 0.1) is 26.3 Å². The zero-order chi connectivity index (χ0) is 21.1. The minimum atomic E-state index is -0.245. The average Bonchev–Trinajstić information content (AvgIpc) is 3.28. The molecule has 8 nitrogen and oxygen atoms in total. The molecule has 0 unspecified atom stereocenters. The van der Waals surface area contributed by atoms with E-state index in [9.17, 15) is 4.79 Å². The molecule has 8 heteroatoms. The Labute approximate surface area is 175 Å². The highest BCUT2D eigenvalue weighted by Crippen LogP contribution is 2.44. The Morgan fingerprint density at radius 1 is 1.03 bits per heavy atom. The van der Waals surface area contributed by atoms with Crippen LogP contribution in [0.25, 0.3) is 0 Å². The fourth-order valence-electron chi connectivity index (χ4n) is 3.98. The molecule has 0 saturated carbocycles. The van der Waals surface area contributed by atoms with Crippen molar-refractivity contribution >= 4 is 11.9 Å². The van der Waals surface area contributed by atoms with Crippen LogP contribution in [0.4, 0.5) is 5.95 Å². The SMILES string of the molecule is COCC(=O)N1c2ncnn2[C@@H](c2ccccc2OC)C[C@H]1c1ccc(OC)cc1. The number of amides is 1. The van der Waals surface area contributed by atoms with Crippen molar-refractivity contribution in [3.8, 4) is 11.5 Å². The molecule has 4 rings (SSSR count). The first-order valence-electron chi connectivity index (χ1n) is 9.65.